The molecule has 4 aromatic rings. The second-order valence-electron chi connectivity index (χ2n) is 10.1. The van der Waals surface area contributed by atoms with Gasteiger partial charge in [-0.05, 0) is 69.8 Å². The zero-order valence-corrected chi connectivity index (χ0v) is 25.0. The van der Waals surface area contributed by atoms with E-state index in [1.807, 2.05) is 147 Å². The van der Waals surface area contributed by atoms with Gasteiger partial charge in [0.25, 0.3) is 0 Å². The highest BCUT2D eigenvalue weighted by atomic mass is 31.2. The molecule has 0 aliphatic rings. The number of carboxylic acid groups (broad SMARTS) is 1. The van der Waals surface area contributed by atoms with Crippen LogP contribution in [0.3, 0.4) is 0 Å². The summed E-state index contributed by atoms with van der Waals surface area (Å²) in [7, 11) is 2.80. The molecule has 0 aliphatic carbocycles. The normalized spacial score (nSPS) is 14.1. The van der Waals surface area contributed by atoms with Crippen LogP contribution in [0.15, 0.2) is 121 Å². The van der Waals surface area contributed by atoms with Crippen molar-refractivity contribution in [3.05, 3.63) is 144 Å². The lowest BCUT2D eigenvalue weighted by Gasteiger charge is -2.19. The number of anilines is 2. The fraction of sp³-hybridized carbons (Fsp3) is 0.147. The van der Waals surface area contributed by atoms with Gasteiger partial charge >= 0.3 is 13.3 Å². The number of hydrogen-bond acceptors (Lipinski definition) is 5. The van der Waals surface area contributed by atoms with Gasteiger partial charge in [-0.25, -0.2) is 9.36 Å². The molecule has 0 fully saturated rings. The molecule has 0 spiro atoms. The molecule has 0 amide bonds. The van der Waals surface area contributed by atoms with E-state index in [0.29, 0.717) is 0 Å². The summed E-state index contributed by atoms with van der Waals surface area (Å²) in [5, 5.41) is 9.50. The highest BCUT2D eigenvalue weighted by Gasteiger charge is 2.33. The van der Waals surface area contributed by atoms with E-state index < -0.39 is 19.4 Å². The van der Waals surface area contributed by atoms with Crippen LogP contribution >= 0.6 is 7.60 Å². The van der Waals surface area contributed by atoms with Crippen molar-refractivity contribution in [3.63, 3.8) is 0 Å². The molecule has 0 aromatic heterocycles. The van der Waals surface area contributed by atoms with Crippen molar-refractivity contribution in [2.24, 2.45) is 0 Å². The first-order valence-electron chi connectivity index (χ1n) is 13.4. The van der Waals surface area contributed by atoms with Crippen LogP contribution < -0.4 is 9.80 Å². The van der Waals surface area contributed by atoms with Gasteiger partial charge in [0.05, 0.1) is 0 Å². The Kier molecular flexibility index (Phi) is 9.81. The average Bonchev–Trinajstić information content (AvgIpc) is 2.99. The molecule has 2 N–H and O–H groups in total. The van der Waals surface area contributed by atoms with Crippen molar-refractivity contribution in [3.8, 4) is 0 Å². The minimum absolute atomic E-state index is 0.725. The predicted octanol–water partition coefficient (Wildman–Crippen LogP) is 7.63. The van der Waals surface area contributed by atoms with Gasteiger partial charge in [0.15, 0.2) is 0 Å². The van der Waals surface area contributed by atoms with Crippen molar-refractivity contribution < 1.29 is 23.9 Å². The fourth-order valence-corrected chi connectivity index (χ4v) is 5.02. The van der Waals surface area contributed by atoms with Gasteiger partial charge in [-0.3, -0.25) is 4.52 Å². The van der Waals surface area contributed by atoms with Crippen LogP contribution in [0.25, 0.3) is 11.1 Å². The molecular weight excluding hydrogens is 547 g/mol. The lowest BCUT2D eigenvalue weighted by atomic mass is 9.93. The topological polar surface area (TPSA) is 90.3 Å². The summed E-state index contributed by atoms with van der Waals surface area (Å²) in [4.78, 5) is 26.0. The maximum Gasteiger partial charge on any atom is 0.436 e. The highest BCUT2D eigenvalue weighted by molar-refractivity contribution is 7.70. The van der Waals surface area contributed by atoms with Crippen LogP contribution in [-0.4, -0.2) is 50.0 Å². The third-order valence-corrected chi connectivity index (χ3v) is 7.74. The molecule has 4 rings (SSSR count). The van der Waals surface area contributed by atoms with E-state index in [1.54, 1.807) is 12.2 Å². The van der Waals surface area contributed by atoms with E-state index >= 15 is 0 Å². The summed E-state index contributed by atoms with van der Waals surface area (Å²) in [6.07, 6.45) is 2.22. The minimum Gasteiger partial charge on any atom is -0.472 e. The van der Waals surface area contributed by atoms with Gasteiger partial charge in [-0.15, -0.1) is 0 Å². The Balaban J connectivity index is 1.94. The first-order chi connectivity index (χ1) is 20.0. The van der Waals surface area contributed by atoms with Gasteiger partial charge in [0.1, 0.15) is 6.10 Å². The average molecular weight is 583 g/mol. The van der Waals surface area contributed by atoms with Crippen molar-refractivity contribution >= 4 is 35.8 Å². The first-order valence-corrected chi connectivity index (χ1v) is 15.0. The summed E-state index contributed by atoms with van der Waals surface area (Å²) < 4.78 is 18.2. The summed E-state index contributed by atoms with van der Waals surface area (Å²) in [6, 6.07) is 34.9. The zero-order chi connectivity index (χ0) is 30.3. The van der Waals surface area contributed by atoms with Crippen molar-refractivity contribution in [1.29, 1.82) is 0 Å². The highest BCUT2D eigenvalue weighted by Crippen LogP contribution is 2.45. The number of nitrogens with zero attached hydrogens (tertiary/aromatic N) is 2. The van der Waals surface area contributed by atoms with Gasteiger partial charge in [-0.2, -0.15) is 0 Å². The van der Waals surface area contributed by atoms with Gasteiger partial charge in [0, 0.05) is 39.6 Å². The molecular formula is C34H35N2O5P. The van der Waals surface area contributed by atoms with Crippen LogP contribution in [0.4, 0.5) is 16.2 Å². The third-order valence-electron chi connectivity index (χ3n) is 6.73. The maximum absolute atomic E-state index is 12.7. The smallest absolute Gasteiger partial charge is 0.436 e. The minimum atomic E-state index is -5.03. The van der Waals surface area contributed by atoms with Crippen LogP contribution in [-0.2, 0) is 9.09 Å². The molecule has 0 saturated carbocycles. The largest absolute Gasteiger partial charge is 0.472 e. The summed E-state index contributed by atoms with van der Waals surface area (Å²) in [5.74, 6) is 0. The molecule has 0 heterocycles. The number of hydrogen-bond donors (Lipinski definition) is 2. The monoisotopic (exact) mass is 582 g/mol. The zero-order valence-electron chi connectivity index (χ0n) is 24.1. The summed E-state index contributed by atoms with van der Waals surface area (Å²) in [5.41, 5.74) is 4.93. The Labute approximate surface area is 247 Å². The molecule has 1 unspecified atom stereocenters. The Morgan fingerprint density at radius 2 is 0.976 bits per heavy atom. The van der Waals surface area contributed by atoms with Gasteiger partial charge < -0.3 is 19.8 Å². The molecule has 216 valence electrons. The van der Waals surface area contributed by atoms with Crippen molar-refractivity contribution in [2.75, 3.05) is 38.0 Å². The molecule has 7 nitrogen and oxygen atoms in total. The van der Waals surface area contributed by atoms with Gasteiger partial charge in [-0.1, -0.05) is 84.9 Å². The predicted molar refractivity (Wildman–Crippen MR) is 171 cm³/mol. The van der Waals surface area contributed by atoms with Crippen LogP contribution in [0.1, 0.15) is 22.3 Å². The first kappa shape index (κ1) is 30.5. The van der Waals surface area contributed by atoms with E-state index in [4.69, 9.17) is 4.52 Å². The number of benzene rings is 4. The fourth-order valence-electron chi connectivity index (χ4n) is 4.48. The molecule has 4 aromatic carbocycles. The van der Waals surface area contributed by atoms with Crippen molar-refractivity contribution in [1.82, 2.24) is 0 Å². The lowest BCUT2D eigenvalue weighted by molar-refractivity contribution is 0.192. The summed E-state index contributed by atoms with van der Waals surface area (Å²) in [6.45, 7) is 0. The second kappa shape index (κ2) is 13.5. The van der Waals surface area contributed by atoms with E-state index in [2.05, 4.69) is 0 Å². The summed E-state index contributed by atoms with van der Waals surface area (Å²) >= 11 is 0. The van der Waals surface area contributed by atoms with E-state index in [-0.39, 0.29) is 0 Å². The van der Waals surface area contributed by atoms with E-state index in [9.17, 15) is 19.4 Å². The molecule has 0 bridgehead atoms. The van der Waals surface area contributed by atoms with E-state index in [0.717, 1.165) is 44.8 Å². The molecule has 42 heavy (non-hydrogen) atoms. The molecule has 0 radical (unpaired) electrons. The Morgan fingerprint density at radius 3 is 1.29 bits per heavy atom. The molecule has 0 saturated heterocycles. The Morgan fingerprint density at radius 1 is 0.643 bits per heavy atom. The molecule has 0 aliphatic heterocycles. The Hall–Kier alpha value is -4.42. The molecule has 8 heteroatoms. The molecule has 1 atom stereocenters. The van der Waals surface area contributed by atoms with Crippen LogP contribution in [0.2, 0.25) is 0 Å². The maximum atomic E-state index is 12.7. The van der Waals surface area contributed by atoms with E-state index in [1.165, 1.54) is 0 Å². The Bertz CT molecular complexity index is 1490. The lowest BCUT2D eigenvalue weighted by Crippen LogP contribution is -2.12. The number of rotatable bonds is 11. The SMILES string of the molecule is CN(C)c1ccc(/C(=C\C(/C=C(/c2ccccc2)c2ccc(N(C)C)cc2)OP(=O)(O)C(=O)O)c2ccccc2)cc1. The van der Waals surface area contributed by atoms with Crippen LogP contribution in [0, 0.1) is 0 Å². The number of carbonyl (C=O) groups is 1. The van der Waals surface area contributed by atoms with Crippen molar-refractivity contribution in [2.45, 2.75) is 6.10 Å². The standard InChI is InChI=1S/C34H35N2O5P/c1-35(2)29-19-15-27(16-20-29)32(25-11-7-5-8-12-25)23-31(41-42(39,40)34(37)38)24-33(26-13-9-6-10-14-26)28-17-21-30(22-18-28)36(3)4/h5-24,31H,1-4H3,(H,37,38)(H,39,40)/b32-23-,33-24-. The van der Waals surface area contributed by atoms with Crippen LogP contribution in [0.5, 0.6) is 0 Å². The third kappa shape index (κ3) is 7.65. The van der Waals surface area contributed by atoms with Gasteiger partial charge in [0.2, 0.25) is 0 Å². The quantitative estimate of drug-likeness (QED) is 0.176. The second-order valence-corrected chi connectivity index (χ2v) is 11.8.